The second-order valence-electron chi connectivity index (χ2n) is 11.2. The molecule has 3 heteroatoms. The molecule has 0 bridgehead atoms. The number of unbranched alkanes of at least 4 members (excludes halogenated alkanes) is 20. The van der Waals surface area contributed by atoms with E-state index in [0.717, 1.165) is 25.7 Å². The molecule has 0 aromatic heterocycles. The van der Waals surface area contributed by atoms with Gasteiger partial charge in [0.05, 0.1) is 0 Å². The lowest BCUT2D eigenvalue weighted by molar-refractivity contribution is -0.126. The summed E-state index contributed by atoms with van der Waals surface area (Å²) in [5.74, 6) is 0.507. The summed E-state index contributed by atoms with van der Waals surface area (Å²) in [5, 5.41) is 0. The first-order chi connectivity index (χ1) is 17.6. The zero-order valence-corrected chi connectivity index (χ0v) is 24.5. The van der Waals surface area contributed by atoms with Crippen LogP contribution in [0.15, 0.2) is 0 Å². The molecule has 0 aromatic carbocycles. The van der Waals surface area contributed by atoms with Crippen LogP contribution in [0.4, 0.5) is 0 Å². The molecule has 0 aromatic rings. The second-order valence-corrected chi connectivity index (χ2v) is 11.2. The van der Waals surface area contributed by atoms with Gasteiger partial charge in [-0.1, -0.05) is 142 Å². The number of hydrogen-bond acceptors (Lipinski definition) is 3. The Bertz CT molecular complexity index is 467. The van der Waals surface area contributed by atoms with Crippen molar-refractivity contribution in [2.75, 3.05) is 0 Å². The highest BCUT2D eigenvalue weighted by Gasteiger charge is 2.10. The monoisotopic (exact) mass is 506 g/mol. The van der Waals surface area contributed by atoms with Crippen molar-refractivity contribution < 1.29 is 14.4 Å². The Morgan fingerprint density at radius 2 is 0.472 bits per heavy atom. The Morgan fingerprint density at radius 3 is 0.722 bits per heavy atom. The van der Waals surface area contributed by atoms with E-state index in [1.165, 1.54) is 116 Å². The van der Waals surface area contributed by atoms with Crippen LogP contribution in [0.1, 0.15) is 194 Å². The van der Waals surface area contributed by atoms with E-state index in [4.69, 9.17) is 0 Å². The van der Waals surface area contributed by atoms with Gasteiger partial charge in [0.1, 0.15) is 17.3 Å². The third-order valence-corrected chi connectivity index (χ3v) is 7.48. The summed E-state index contributed by atoms with van der Waals surface area (Å²) in [6.07, 6.45) is 30.8. The van der Waals surface area contributed by atoms with E-state index in [1.54, 1.807) is 0 Å². The zero-order chi connectivity index (χ0) is 26.5. The molecule has 36 heavy (non-hydrogen) atoms. The van der Waals surface area contributed by atoms with Crippen LogP contribution in [-0.4, -0.2) is 17.3 Å². The van der Waals surface area contributed by atoms with Gasteiger partial charge in [-0.3, -0.25) is 14.4 Å². The highest BCUT2D eigenvalue weighted by Crippen LogP contribution is 2.14. The van der Waals surface area contributed by atoms with Crippen molar-refractivity contribution in [2.24, 2.45) is 0 Å². The van der Waals surface area contributed by atoms with E-state index in [9.17, 15) is 14.4 Å². The van der Waals surface area contributed by atoms with Gasteiger partial charge in [-0.25, -0.2) is 0 Å². The summed E-state index contributed by atoms with van der Waals surface area (Å²) in [6, 6.07) is 0. The van der Waals surface area contributed by atoms with E-state index >= 15 is 0 Å². The lowest BCUT2D eigenvalue weighted by atomic mass is 10.0. The molecular weight excluding hydrogens is 444 g/mol. The van der Waals surface area contributed by atoms with Gasteiger partial charge in [0.25, 0.3) is 0 Å². The van der Waals surface area contributed by atoms with E-state index in [2.05, 4.69) is 13.8 Å². The van der Waals surface area contributed by atoms with E-state index in [-0.39, 0.29) is 17.3 Å². The summed E-state index contributed by atoms with van der Waals surface area (Å²) < 4.78 is 0. The second kappa shape index (κ2) is 28.6. The van der Waals surface area contributed by atoms with Crippen LogP contribution in [0.2, 0.25) is 0 Å². The smallest absolute Gasteiger partial charge is 0.133 e. The molecule has 0 aliphatic heterocycles. The number of carbonyl (C=O) groups is 3. The Hall–Kier alpha value is -0.990. The molecule has 0 rings (SSSR count). The molecule has 0 unspecified atom stereocenters. The van der Waals surface area contributed by atoms with Crippen molar-refractivity contribution in [3.8, 4) is 0 Å². The van der Waals surface area contributed by atoms with Gasteiger partial charge < -0.3 is 0 Å². The molecule has 0 saturated heterocycles. The number of hydrogen-bond donors (Lipinski definition) is 0. The van der Waals surface area contributed by atoms with Gasteiger partial charge in [0.2, 0.25) is 0 Å². The van der Waals surface area contributed by atoms with Crippen molar-refractivity contribution in [1.29, 1.82) is 0 Å². The van der Waals surface area contributed by atoms with Crippen LogP contribution in [0.3, 0.4) is 0 Å². The minimum Gasteiger partial charge on any atom is -0.300 e. The Morgan fingerprint density at radius 1 is 0.278 bits per heavy atom. The van der Waals surface area contributed by atoms with Crippen LogP contribution in [-0.2, 0) is 14.4 Å². The van der Waals surface area contributed by atoms with E-state index < -0.39 is 0 Å². The summed E-state index contributed by atoms with van der Waals surface area (Å²) in [5.41, 5.74) is 0. The standard InChI is InChI=1S/C33H62O3/c1-3-5-7-9-11-13-15-17-19-21-23-25-31(34)27-29-33(36)30-28-32(35)26-24-22-20-18-16-14-12-10-8-6-4-2/h3-30H2,1-2H3. The molecule has 0 heterocycles. The van der Waals surface area contributed by atoms with Gasteiger partial charge >= 0.3 is 0 Å². The highest BCUT2D eigenvalue weighted by atomic mass is 16.1. The van der Waals surface area contributed by atoms with Crippen LogP contribution in [0.25, 0.3) is 0 Å². The van der Waals surface area contributed by atoms with E-state index in [1.807, 2.05) is 0 Å². The SMILES string of the molecule is CCCCCCCCCCCCCC(=O)CCC(=O)CCC(=O)CCCCCCCCCCCCC. The van der Waals surface area contributed by atoms with Crippen LogP contribution < -0.4 is 0 Å². The fourth-order valence-corrected chi connectivity index (χ4v) is 4.91. The molecule has 0 spiro atoms. The molecule has 0 saturated carbocycles. The Balaban J connectivity index is 3.43. The molecule has 0 aliphatic carbocycles. The first-order valence-corrected chi connectivity index (χ1v) is 16.1. The quantitative estimate of drug-likeness (QED) is 0.0910. The van der Waals surface area contributed by atoms with Crippen molar-refractivity contribution >= 4 is 17.3 Å². The average molecular weight is 507 g/mol. The molecule has 0 N–H and O–H groups in total. The van der Waals surface area contributed by atoms with Gasteiger partial charge in [-0.15, -0.1) is 0 Å². The van der Waals surface area contributed by atoms with Crippen LogP contribution >= 0.6 is 0 Å². The number of rotatable bonds is 30. The molecular formula is C33H62O3. The number of carbonyl (C=O) groups excluding carboxylic acids is 3. The van der Waals surface area contributed by atoms with Gasteiger partial charge in [0, 0.05) is 38.5 Å². The molecule has 0 amide bonds. The number of Topliss-reactive ketones (excluding diaryl/α,β-unsaturated/α-hetero) is 3. The third-order valence-electron chi connectivity index (χ3n) is 7.48. The fourth-order valence-electron chi connectivity index (χ4n) is 4.91. The van der Waals surface area contributed by atoms with Crippen LogP contribution in [0, 0.1) is 0 Å². The minimum absolute atomic E-state index is 0.0783. The first-order valence-electron chi connectivity index (χ1n) is 16.1. The lowest BCUT2D eigenvalue weighted by Gasteiger charge is -2.04. The van der Waals surface area contributed by atoms with E-state index in [0.29, 0.717) is 38.5 Å². The van der Waals surface area contributed by atoms with Gasteiger partial charge in [-0.05, 0) is 12.8 Å². The maximum atomic E-state index is 12.1. The fraction of sp³-hybridized carbons (Fsp3) is 0.909. The molecule has 0 atom stereocenters. The minimum atomic E-state index is 0.0783. The summed E-state index contributed by atoms with van der Waals surface area (Å²) in [7, 11) is 0. The third kappa shape index (κ3) is 27.6. The lowest BCUT2D eigenvalue weighted by Crippen LogP contribution is -2.07. The maximum Gasteiger partial charge on any atom is 0.133 e. The first kappa shape index (κ1) is 35.0. The van der Waals surface area contributed by atoms with Crippen molar-refractivity contribution in [1.82, 2.24) is 0 Å². The van der Waals surface area contributed by atoms with Crippen molar-refractivity contribution in [3.63, 3.8) is 0 Å². The summed E-state index contributed by atoms with van der Waals surface area (Å²) in [6.45, 7) is 4.51. The largest absolute Gasteiger partial charge is 0.300 e. The topological polar surface area (TPSA) is 51.2 Å². The molecule has 0 radical (unpaired) electrons. The molecule has 0 aliphatic rings. The molecule has 212 valence electrons. The Labute approximate surface area is 225 Å². The number of ketones is 3. The molecule has 0 fully saturated rings. The maximum absolute atomic E-state index is 12.1. The predicted molar refractivity (Wildman–Crippen MR) is 156 cm³/mol. The average Bonchev–Trinajstić information content (AvgIpc) is 2.88. The zero-order valence-electron chi connectivity index (χ0n) is 24.5. The van der Waals surface area contributed by atoms with Crippen molar-refractivity contribution in [2.45, 2.75) is 194 Å². The van der Waals surface area contributed by atoms with Crippen molar-refractivity contribution in [3.05, 3.63) is 0 Å². The predicted octanol–water partition coefficient (Wildman–Crippen LogP) is 10.7. The van der Waals surface area contributed by atoms with Gasteiger partial charge in [-0.2, -0.15) is 0 Å². The summed E-state index contributed by atoms with van der Waals surface area (Å²) in [4.78, 5) is 36.2. The summed E-state index contributed by atoms with van der Waals surface area (Å²) >= 11 is 0. The van der Waals surface area contributed by atoms with Gasteiger partial charge in [0.15, 0.2) is 0 Å². The normalized spacial score (nSPS) is 11.2. The molecule has 3 nitrogen and oxygen atoms in total. The van der Waals surface area contributed by atoms with Crippen LogP contribution in [0.5, 0.6) is 0 Å². The Kier molecular flexibility index (Phi) is 27.8. The highest BCUT2D eigenvalue weighted by molar-refractivity contribution is 5.89.